The Morgan fingerprint density at radius 3 is 2.06 bits per heavy atom. The predicted molar refractivity (Wildman–Crippen MR) is 139 cm³/mol. The molecule has 0 aliphatic heterocycles. The van der Waals surface area contributed by atoms with E-state index in [1.165, 1.54) is 57.1 Å². The first kappa shape index (κ1) is 22.1. The van der Waals surface area contributed by atoms with Gasteiger partial charge in [0.1, 0.15) is 12.5 Å². The first-order chi connectivity index (χ1) is 15.2. The highest BCUT2D eigenvalue weighted by atomic mass is 127. The SMILES string of the molecule is CC/C(=C(\c1ccc(I)cc1)c1ccc(OCNC2CCCC2)cc1)c1ccccc1. The van der Waals surface area contributed by atoms with Gasteiger partial charge in [-0.05, 0) is 94.0 Å². The van der Waals surface area contributed by atoms with Gasteiger partial charge in [0.15, 0.2) is 0 Å². The lowest BCUT2D eigenvalue weighted by atomic mass is 9.88. The molecule has 0 heterocycles. The summed E-state index contributed by atoms with van der Waals surface area (Å²) in [7, 11) is 0. The molecule has 1 N–H and O–H groups in total. The summed E-state index contributed by atoms with van der Waals surface area (Å²) in [5, 5.41) is 3.52. The number of rotatable bonds is 8. The van der Waals surface area contributed by atoms with E-state index in [1.807, 2.05) is 0 Å². The number of ether oxygens (including phenoxy) is 1. The molecule has 1 saturated carbocycles. The zero-order chi connectivity index (χ0) is 21.5. The number of hydrogen-bond acceptors (Lipinski definition) is 2. The van der Waals surface area contributed by atoms with Crippen molar-refractivity contribution in [2.24, 2.45) is 0 Å². The number of nitrogens with one attached hydrogen (secondary N) is 1. The molecule has 0 spiro atoms. The Hall–Kier alpha value is -2.11. The van der Waals surface area contributed by atoms with Crippen LogP contribution in [0.25, 0.3) is 11.1 Å². The summed E-state index contributed by atoms with van der Waals surface area (Å²) in [6.45, 7) is 2.81. The van der Waals surface area contributed by atoms with E-state index >= 15 is 0 Å². The molecule has 1 aliphatic rings. The van der Waals surface area contributed by atoms with Gasteiger partial charge in [-0.25, -0.2) is 0 Å². The van der Waals surface area contributed by atoms with Crippen molar-refractivity contribution < 1.29 is 4.74 Å². The van der Waals surface area contributed by atoms with Crippen LogP contribution in [0.15, 0.2) is 78.9 Å². The van der Waals surface area contributed by atoms with E-state index in [-0.39, 0.29) is 0 Å². The molecule has 0 unspecified atom stereocenters. The molecule has 3 heteroatoms. The lowest BCUT2D eigenvalue weighted by molar-refractivity contribution is 0.263. The zero-order valence-electron chi connectivity index (χ0n) is 18.1. The fourth-order valence-electron chi connectivity index (χ4n) is 4.39. The second kappa shape index (κ2) is 11.0. The van der Waals surface area contributed by atoms with Crippen LogP contribution in [0.3, 0.4) is 0 Å². The van der Waals surface area contributed by atoms with E-state index in [2.05, 4.69) is 114 Å². The first-order valence-corrected chi connectivity index (χ1v) is 12.3. The van der Waals surface area contributed by atoms with Crippen molar-refractivity contribution in [3.05, 3.63) is 99.1 Å². The summed E-state index contributed by atoms with van der Waals surface area (Å²) in [6.07, 6.45) is 6.18. The molecule has 4 rings (SSSR count). The summed E-state index contributed by atoms with van der Waals surface area (Å²) in [6, 6.07) is 28.7. The molecule has 0 amide bonds. The van der Waals surface area contributed by atoms with E-state index in [4.69, 9.17) is 4.74 Å². The lowest BCUT2D eigenvalue weighted by Crippen LogP contribution is -2.29. The van der Waals surface area contributed by atoms with Gasteiger partial charge in [-0.1, -0.05) is 74.4 Å². The van der Waals surface area contributed by atoms with Crippen molar-refractivity contribution in [2.45, 2.75) is 45.1 Å². The molecule has 3 aromatic rings. The molecule has 0 bridgehead atoms. The van der Waals surface area contributed by atoms with Crippen LogP contribution in [-0.4, -0.2) is 12.8 Å². The molecule has 0 saturated heterocycles. The van der Waals surface area contributed by atoms with E-state index < -0.39 is 0 Å². The minimum Gasteiger partial charge on any atom is -0.478 e. The van der Waals surface area contributed by atoms with Crippen molar-refractivity contribution in [2.75, 3.05) is 6.73 Å². The Morgan fingerprint density at radius 2 is 1.45 bits per heavy atom. The second-order valence-corrected chi connectivity index (χ2v) is 9.32. The normalized spacial score (nSPS) is 15.0. The van der Waals surface area contributed by atoms with Crippen molar-refractivity contribution in [3.63, 3.8) is 0 Å². The maximum Gasteiger partial charge on any atom is 0.139 e. The van der Waals surface area contributed by atoms with Crippen LogP contribution in [0.1, 0.15) is 55.7 Å². The number of benzene rings is 3. The molecule has 31 heavy (non-hydrogen) atoms. The van der Waals surface area contributed by atoms with Crippen molar-refractivity contribution >= 4 is 33.7 Å². The Labute approximate surface area is 199 Å². The van der Waals surface area contributed by atoms with Crippen molar-refractivity contribution in [3.8, 4) is 5.75 Å². The summed E-state index contributed by atoms with van der Waals surface area (Å²) < 4.78 is 7.21. The van der Waals surface area contributed by atoms with Crippen LogP contribution in [0.2, 0.25) is 0 Å². The summed E-state index contributed by atoms with van der Waals surface area (Å²) >= 11 is 2.37. The quantitative estimate of drug-likeness (QED) is 0.187. The minimum atomic E-state index is 0.577. The maximum absolute atomic E-state index is 5.97. The van der Waals surface area contributed by atoms with Gasteiger partial charge in [-0.2, -0.15) is 0 Å². The smallest absolute Gasteiger partial charge is 0.139 e. The van der Waals surface area contributed by atoms with E-state index in [0.717, 1.165) is 12.2 Å². The summed E-state index contributed by atoms with van der Waals surface area (Å²) in [5.74, 6) is 0.911. The molecule has 0 atom stereocenters. The van der Waals surface area contributed by atoms with Gasteiger partial charge in [-0.3, -0.25) is 5.32 Å². The van der Waals surface area contributed by atoms with Gasteiger partial charge in [0, 0.05) is 9.61 Å². The topological polar surface area (TPSA) is 21.3 Å². The summed E-state index contributed by atoms with van der Waals surface area (Å²) in [4.78, 5) is 0. The molecule has 2 nitrogen and oxygen atoms in total. The largest absolute Gasteiger partial charge is 0.478 e. The van der Waals surface area contributed by atoms with Gasteiger partial charge in [0.25, 0.3) is 0 Å². The Bertz CT molecular complexity index is 987. The molecule has 1 fully saturated rings. The average molecular weight is 523 g/mol. The second-order valence-electron chi connectivity index (χ2n) is 8.08. The third-order valence-electron chi connectivity index (χ3n) is 6.02. The van der Waals surface area contributed by atoms with E-state index in [0.29, 0.717) is 12.8 Å². The fraction of sp³-hybridized carbons (Fsp3) is 0.286. The number of allylic oxidation sites excluding steroid dienone is 1. The molecule has 0 radical (unpaired) electrons. The highest BCUT2D eigenvalue weighted by Gasteiger charge is 2.15. The molecular weight excluding hydrogens is 493 g/mol. The van der Waals surface area contributed by atoms with Crippen molar-refractivity contribution in [1.29, 1.82) is 0 Å². The van der Waals surface area contributed by atoms with E-state index in [1.54, 1.807) is 0 Å². The van der Waals surface area contributed by atoms with Gasteiger partial charge in [0.2, 0.25) is 0 Å². The van der Waals surface area contributed by atoms with Crippen LogP contribution < -0.4 is 10.1 Å². The van der Waals surface area contributed by atoms with E-state index in [9.17, 15) is 0 Å². The third-order valence-corrected chi connectivity index (χ3v) is 6.74. The molecular formula is C28H30INO. The number of hydrogen-bond donors (Lipinski definition) is 1. The van der Waals surface area contributed by atoms with Gasteiger partial charge in [0.05, 0.1) is 0 Å². The van der Waals surface area contributed by atoms with Gasteiger partial charge >= 0.3 is 0 Å². The average Bonchev–Trinajstić information content (AvgIpc) is 3.33. The minimum absolute atomic E-state index is 0.577. The standard InChI is InChI=1S/C28H30INO/c1-2-27(21-8-4-3-5-9-21)28(22-12-16-24(29)17-13-22)23-14-18-26(19-15-23)31-20-30-25-10-6-7-11-25/h3-5,8-9,12-19,25,30H,2,6-7,10-11,20H2,1H3/b28-27-. The maximum atomic E-state index is 5.97. The lowest BCUT2D eigenvalue weighted by Gasteiger charge is -2.17. The van der Waals surface area contributed by atoms with Crippen LogP contribution in [0.4, 0.5) is 0 Å². The van der Waals surface area contributed by atoms with Crippen LogP contribution in [0.5, 0.6) is 5.75 Å². The molecule has 1 aliphatic carbocycles. The highest BCUT2D eigenvalue weighted by molar-refractivity contribution is 14.1. The zero-order valence-corrected chi connectivity index (χ0v) is 20.3. The summed E-state index contributed by atoms with van der Waals surface area (Å²) in [5.41, 5.74) is 6.40. The Morgan fingerprint density at radius 1 is 0.839 bits per heavy atom. The van der Waals surface area contributed by atoms with Crippen LogP contribution in [-0.2, 0) is 0 Å². The Kier molecular flexibility index (Phi) is 7.81. The first-order valence-electron chi connectivity index (χ1n) is 11.3. The third kappa shape index (κ3) is 5.78. The number of halogens is 1. The van der Waals surface area contributed by atoms with Gasteiger partial charge < -0.3 is 4.74 Å². The Balaban J connectivity index is 1.62. The fourth-order valence-corrected chi connectivity index (χ4v) is 4.75. The van der Waals surface area contributed by atoms with Crippen LogP contribution >= 0.6 is 22.6 Å². The predicted octanol–water partition coefficient (Wildman–Crippen LogP) is 7.53. The molecule has 0 aromatic heterocycles. The van der Waals surface area contributed by atoms with Crippen LogP contribution in [0, 0.1) is 3.57 Å². The molecule has 160 valence electrons. The molecule has 3 aromatic carbocycles. The van der Waals surface area contributed by atoms with Gasteiger partial charge in [-0.15, -0.1) is 0 Å². The highest BCUT2D eigenvalue weighted by Crippen LogP contribution is 2.35. The van der Waals surface area contributed by atoms with Crippen molar-refractivity contribution in [1.82, 2.24) is 5.32 Å². The monoisotopic (exact) mass is 523 g/mol.